The van der Waals surface area contributed by atoms with Crippen LogP contribution in [0.1, 0.15) is 69.4 Å². The van der Waals surface area contributed by atoms with Gasteiger partial charge in [-0.2, -0.15) is 39.5 Å². The lowest BCUT2D eigenvalue weighted by molar-refractivity contribution is -0.443. The summed E-state index contributed by atoms with van der Waals surface area (Å²) in [6.45, 7) is 4.98. The number of rotatable bonds is 11. The molecule has 4 aliphatic rings. The predicted octanol–water partition coefficient (Wildman–Crippen LogP) is 7.09. The average Bonchev–Trinajstić information content (AvgIpc) is 3.25. The zero-order chi connectivity index (χ0) is 54.2. The van der Waals surface area contributed by atoms with Gasteiger partial charge < -0.3 is 44.0 Å². The van der Waals surface area contributed by atoms with Crippen molar-refractivity contribution in [3.05, 3.63) is 82.9 Å². The molecule has 0 unspecified atom stereocenters. The van der Waals surface area contributed by atoms with Crippen LogP contribution in [0.4, 0.5) is 57.5 Å². The molecular weight excluding hydrogens is 1010 g/mol. The van der Waals surface area contributed by atoms with Gasteiger partial charge in [0.25, 0.3) is 0 Å². The van der Waals surface area contributed by atoms with Crippen molar-refractivity contribution in [3.63, 3.8) is 0 Å². The molecular formula is C45H45F12NO14. The summed E-state index contributed by atoms with van der Waals surface area (Å²) in [4.78, 5) is 69.7. The van der Waals surface area contributed by atoms with Crippen molar-refractivity contribution in [1.82, 2.24) is 5.32 Å². The molecule has 72 heavy (non-hydrogen) atoms. The Hall–Kier alpha value is -5.51. The van der Waals surface area contributed by atoms with Gasteiger partial charge in [0, 0.05) is 32.3 Å². The Morgan fingerprint density at radius 1 is 0.833 bits per heavy atom. The van der Waals surface area contributed by atoms with Gasteiger partial charge in [-0.15, -0.1) is 13.2 Å². The third kappa shape index (κ3) is 9.16. The SMILES string of the molecule is CO[C@H]1C(=O)[C@]2(C)[C@@H](OC(F)(F)F)C[C@H]3OC[C@@]3(OC(C)=O)[C@H]2[C@H](OC(=O)c2ccccc2)[C@]2(O)C[C@H](OC(=O)[C@H](O)[C@@H](NC(=O)OC(C(F)(F)F)(C(F)(F)F)C(F)(F)F)c3ccccc3)C(C)=C1C2(C)C. The van der Waals surface area contributed by atoms with E-state index >= 15 is 4.79 Å². The van der Waals surface area contributed by atoms with Crippen molar-refractivity contribution in [2.24, 2.45) is 16.7 Å². The number of esters is 3. The molecule has 2 aromatic carbocycles. The Labute approximate surface area is 400 Å². The minimum atomic E-state index is -7.39. The number of fused-ring (bicyclic) bond motifs is 5. The number of alkyl carbamates (subject to hydrolysis) is 1. The molecule has 2 bridgehead atoms. The van der Waals surface area contributed by atoms with Gasteiger partial charge in [0.15, 0.2) is 17.5 Å². The summed E-state index contributed by atoms with van der Waals surface area (Å²) in [6, 6.07) is 9.42. The van der Waals surface area contributed by atoms with Crippen LogP contribution in [0.5, 0.6) is 0 Å². The van der Waals surface area contributed by atoms with Gasteiger partial charge in [0.1, 0.15) is 30.0 Å². The van der Waals surface area contributed by atoms with E-state index in [1.165, 1.54) is 62.5 Å². The number of benzene rings is 2. The number of ketones is 1. The van der Waals surface area contributed by atoms with Crippen molar-refractivity contribution >= 4 is 29.8 Å². The molecule has 2 aromatic rings. The molecule has 1 amide bonds. The lowest BCUT2D eigenvalue weighted by Crippen LogP contribution is -2.82. The van der Waals surface area contributed by atoms with Gasteiger partial charge in [-0.05, 0) is 42.7 Å². The zero-order valence-electron chi connectivity index (χ0n) is 38.3. The molecule has 1 aliphatic heterocycles. The maximum absolute atomic E-state index is 15.5. The second kappa shape index (κ2) is 18.8. The van der Waals surface area contributed by atoms with E-state index < -0.39 is 156 Å². The van der Waals surface area contributed by atoms with Gasteiger partial charge in [-0.3, -0.25) is 14.3 Å². The summed E-state index contributed by atoms with van der Waals surface area (Å²) < 4.78 is 204. The Morgan fingerprint density at radius 2 is 1.38 bits per heavy atom. The number of Topliss-reactive ketones (excluding diaryl/α,β-unsaturated/α-hetero) is 1. The van der Waals surface area contributed by atoms with Gasteiger partial charge in [-0.1, -0.05) is 62.4 Å². The van der Waals surface area contributed by atoms with Crippen molar-refractivity contribution in [1.29, 1.82) is 0 Å². The van der Waals surface area contributed by atoms with Crippen LogP contribution in [0.25, 0.3) is 0 Å². The van der Waals surface area contributed by atoms with Gasteiger partial charge >= 0.3 is 54.5 Å². The largest absolute Gasteiger partial charge is 0.522 e. The summed E-state index contributed by atoms with van der Waals surface area (Å²) in [6.07, 6.45) is -45.8. The molecule has 1 heterocycles. The molecule has 3 aliphatic carbocycles. The molecule has 15 nitrogen and oxygen atoms in total. The summed E-state index contributed by atoms with van der Waals surface area (Å²) in [5.74, 6) is -7.66. The van der Waals surface area contributed by atoms with Crippen LogP contribution in [-0.2, 0) is 47.5 Å². The summed E-state index contributed by atoms with van der Waals surface area (Å²) in [5.41, 5.74) is -18.3. The number of ether oxygens (including phenoxy) is 7. The minimum Gasteiger partial charge on any atom is -0.456 e. The lowest BCUT2D eigenvalue weighted by atomic mass is 9.44. The predicted molar refractivity (Wildman–Crippen MR) is 214 cm³/mol. The van der Waals surface area contributed by atoms with E-state index in [1.54, 1.807) is 0 Å². The van der Waals surface area contributed by atoms with Crippen molar-refractivity contribution in [3.8, 4) is 0 Å². The second-order valence-corrected chi connectivity index (χ2v) is 18.4. The smallest absolute Gasteiger partial charge is 0.456 e. The number of alkyl halides is 12. The van der Waals surface area contributed by atoms with Crippen LogP contribution in [0.3, 0.4) is 0 Å². The third-order valence-electron chi connectivity index (χ3n) is 14.1. The molecule has 0 spiro atoms. The summed E-state index contributed by atoms with van der Waals surface area (Å²) in [5, 5.41) is 26.3. The normalized spacial score (nSPS) is 30.5. The molecule has 398 valence electrons. The second-order valence-electron chi connectivity index (χ2n) is 18.4. The monoisotopic (exact) mass is 1050 g/mol. The number of nitrogens with one attached hydrogen (secondary N) is 1. The van der Waals surface area contributed by atoms with E-state index in [0.29, 0.717) is 0 Å². The third-order valence-corrected chi connectivity index (χ3v) is 14.1. The Kier molecular flexibility index (Phi) is 14.5. The van der Waals surface area contributed by atoms with E-state index in [9.17, 15) is 82.1 Å². The van der Waals surface area contributed by atoms with E-state index in [4.69, 9.17) is 23.7 Å². The lowest BCUT2D eigenvalue weighted by Gasteiger charge is -2.67. The average molecular weight is 1050 g/mol. The van der Waals surface area contributed by atoms with Crippen molar-refractivity contribution in [2.75, 3.05) is 13.7 Å². The first kappa shape index (κ1) is 55.8. The fourth-order valence-electron chi connectivity index (χ4n) is 10.6. The van der Waals surface area contributed by atoms with Gasteiger partial charge in [-0.25, -0.2) is 14.4 Å². The fourth-order valence-corrected chi connectivity index (χ4v) is 10.6. The number of halogens is 12. The number of aliphatic hydroxyl groups is 2. The van der Waals surface area contributed by atoms with E-state index in [-0.39, 0.29) is 16.7 Å². The molecule has 1 saturated heterocycles. The molecule has 0 radical (unpaired) electrons. The van der Waals surface area contributed by atoms with Crippen LogP contribution >= 0.6 is 0 Å². The maximum Gasteiger partial charge on any atom is 0.522 e. The van der Waals surface area contributed by atoms with Crippen molar-refractivity contribution in [2.45, 2.75) is 132 Å². The standard InChI is InChI=1S/C45H45F12NO14/c1-20-24(68-35(63)29(60)28(22-13-9-7-10-14-22)58-36(64)72-41(42(46,47)48,43(49,50)51)44(52,53)54)18-40(65)33(69-34(62)23-15-11-8-12-16-23)31-38(5,32(61)30(66-6)27(20)37(40,3)4)25(71-45(55,56)57)17-26-39(31,19-67-26)70-21(2)59/h7-16,24-26,28-31,33,60,65H,17-19H2,1-6H3,(H,58,64)/t24-,25-,26+,28-,29+,30+,31-,33-,38+,39-,40+/m0/s1. The Bertz CT molecular complexity index is 2410. The highest BCUT2D eigenvalue weighted by Crippen LogP contribution is 2.65. The number of methoxy groups -OCH3 is 1. The highest BCUT2D eigenvalue weighted by Gasteiger charge is 2.88. The Morgan fingerprint density at radius 3 is 1.85 bits per heavy atom. The highest BCUT2D eigenvalue weighted by atomic mass is 19.4. The van der Waals surface area contributed by atoms with Crippen LogP contribution < -0.4 is 5.32 Å². The molecule has 3 fully saturated rings. The highest BCUT2D eigenvalue weighted by molar-refractivity contribution is 5.94. The molecule has 2 saturated carbocycles. The van der Waals surface area contributed by atoms with Crippen LogP contribution in [0.2, 0.25) is 0 Å². The van der Waals surface area contributed by atoms with Crippen molar-refractivity contribution < 1.29 is 120 Å². The van der Waals surface area contributed by atoms with E-state index in [2.05, 4.69) is 9.47 Å². The van der Waals surface area contributed by atoms with Gasteiger partial charge in [0.05, 0.1) is 35.6 Å². The summed E-state index contributed by atoms with van der Waals surface area (Å²) in [7, 11) is 0.935. The summed E-state index contributed by atoms with van der Waals surface area (Å²) >= 11 is 0. The van der Waals surface area contributed by atoms with E-state index in [0.717, 1.165) is 45.2 Å². The molecule has 11 atom stereocenters. The molecule has 27 heteroatoms. The quantitative estimate of drug-likeness (QED) is 0.0892. The number of amides is 1. The Balaban J connectivity index is 1.52. The van der Waals surface area contributed by atoms with E-state index in [1.807, 2.05) is 0 Å². The number of aliphatic hydroxyl groups excluding tert-OH is 1. The number of carbonyl (C=O) groups excluding carboxylic acids is 5. The fraction of sp³-hybridized carbons (Fsp3) is 0.578. The van der Waals surface area contributed by atoms with Gasteiger partial charge in [0.2, 0.25) is 0 Å². The number of carbonyl (C=O) groups is 5. The van der Waals surface area contributed by atoms with Crippen LogP contribution in [-0.4, -0.2) is 132 Å². The van der Waals surface area contributed by atoms with Crippen LogP contribution in [0.15, 0.2) is 71.8 Å². The number of hydrogen-bond acceptors (Lipinski definition) is 14. The van der Waals surface area contributed by atoms with Crippen LogP contribution in [0, 0.1) is 16.7 Å². The number of hydrogen-bond donors (Lipinski definition) is 3. The first-order valence-electron chi connectivity index (χ1n) is 21.4. The topological polar surface area (TPSA) is 202 Å². The molecule has 6 rings (SSSR count). The minimum absolute atomic E-state index is 0.226. The molecule has 0 aromatic heterocycles. The zero-order valence-corrected chi connectivity index (χ0v) is 38.3. The first-order valence-corrected chi connectivity index (χ1v) is 21.4. The maximum atomic E-state index is 15.5. The molecule has 3 N–H and O–H groups in total. The first-order chi connectivity index (χ1) is 33.0.